The van der Waals surface area contributed by atoms with Gasteiger partial charge in [-0.3, -0.25) is 4.98 Å². The predicted molar refractivity (Wildman–Crippen MR) is 76.6 cm³/mol. The average molecular weight is 274 g/mol. The third kappa shape index (κ3) is 4.53. The molecule has 2 aromatic rings. The first kappa shape index (κ1) is 14.3. The second-order valence-corrected chi connectivity index (χ2v) is 4.39. The third-order valence-electron chi connectivity index (χ3n) is 2.74. The number of hydrogen-bond donors (Lipinski definition) is 3. The Morgan fingerprint density at radius 2 is 2.00 bits per heavy atom. The van der Waals surface area contributed by atoms with Gasteiger partial charge in [0.15, 0.2) is 0 Å². The first-order chi connectivity index (χ1) is 9.78. The standard InChI is InChI=1S/C15H18N2O3/c18-10-14(19)9-17-13-3-5-15(6-4-13)20-11-12-2-1-7-16-8-12/h1-8,14,17-19H,9-11H2. The van der Waals surface area contributed by atoms with E-state index in [1.165, 1.54) is 0 Å². The molecule has 0 fully saturated rings. The molecule has 0 saturated heterocycles. The Morgan fingerprint density at radius 1 is 1.20 bits per heavy atom. The van der Waals surface area contributed by atoms with Crippen LogP contribution < -0.4 is 10.1 Å². The maximum Gasteiger partial charge on any atom is 0.119 e. The van der Waals surface area contributed by atoms with Gasteiger partial charge in [-0.25, -0.2) is 0 Å². The molecule has 106 valence electrons. The van der Waals surface area contributed by atoms with Crippen LogP contribution >= 0.6 is 0 Å². The summed E-state index contributed by atoms with van der Waals surface area (Å²) in [4.78, 5) is 4.03. The quantitative estimate of drug-likeness (QED) is 0.712. The first-order valence-electron chi connectivity index (χ1n) is 6.42. The summed E-state index contributed by atoms with van der Waals surface area (Å²) in [7, 11) is 0. The Bertz CT molecular complexity index is 502. The lowest BCUT2D eigenvalue weighted by molar-refractivity contribution is 0.105. The highest BCUT2D eigenvalue weighted by molar-refractivity contribution is 5.46. The minimum absolute atomic E-state index is 0.251. The first-order valence-corrected chi connectivity index (χ1v) is 6.42. The van der Waals surface area contributed by atoms with Crippen LogP contribution in [-0.4, -0.2) is 34.5 Å². The van der Waals surface area contributed by atoms with Crippen molar-refractivity contribution < 1.29 is 14.9 Å². The number of aliphatic hydroxyl groups is 2. The zero-order valence-corrected chi connectivity index (χ0v) is 11.1. The Hall–Kier alpha value is -2.11. The molecule has 3 N–H and O–H groups in total. The molecular formula is C15H18N2O3. The van der Waals surface area contributed by atoms with Crippen molar-refractivity contribution in [2.45, 2.75) is 12.7 Å². The summed E-state index contributed by atoms with van der Waals surface area (Å²) in [6, 6.07) is 11.3. The molecule has 0 aliphatic heterocycles. The van der Waals surface area contributed by atoms with Gasteiger partial charge in [-0.2, -0.15) is 0 Å². The molecule has 0 aliphatic carbocycles. The van der Waals surface area contributed by atoms with Crippen LogP contribution in [0, 0.1) is 0 Å². The topological polar surface area (TPSA) is 74.6 Å². The summed E-state index contributed by atoms with van der Waals surface area (Å²) in [5.41, 5.74) is 1.88. The van der Waals surface area contributed by atoms with Crippen LogP contribution in [0.25, 0.3) is 0 Å². The number of anilines is 1. The van der Waals surface area contributed by atoms with Crippen molar-refractivity contribution in [3.8, 4) is 5.75 Å². The molecule has 0 aliphatic rings. The summed E-state index contributed by atoms with van der Waals surface area (Å²) >= 11 is 0. The monoisotopic (exact) mass is 274 g/mol. The lowest BCUT2D eigenvalue weighted by Crippen LogP contribution is -2.22. The molecule has 1 unspecified atom stereocenters. The Labute approximate surface area is 117 Å². The van der Waals surface area contributed by atoms with Crippen LogP contribution in [0.3, 0.4) is 0 Å². The number of aromatic nitrogens is 1. The summed E-state index contributed by atoms with van der Waals surface area (Å²) < 4.78 is 5.64. The van der Waals surface area contributed by atoms with Crippen molar-refractivity contribution in [3.63, 3.8) is 0 Å². The molecule has 1 atom stereocenters. The molecule has 1 aromatic carbocycles. The van der Waals surface area contributed by atoms with Crippen molar-refractivity contribution in [1.82, 2.24) is 4.98 Å². The van der Waals surface area contributed by atoms with E-state index in [9.17, 15) is 5.11 Å². The van der Waals surface area contributed by atoms with Crippen molar-refractivity contribution in [3.05, 3.63) is 54.4 Å². The molecule has 0 amide bonds. The van der Waals surface area contributed by atoms with Gasteiger partial charge >= 0.3 is 0 Å². The van der Waals surface area contributed by atoms with Gasteiger partial charge < -0.3 is 20.3 Å². The Kier molecular flexibility index (Phi) is 5.34. The maximum absolute atomic E-state index is 9.24. The smallest absolute Gasteiger partial charge is 0.119 e. The highest BCUT2D eigenvalue weighted by Crippen LogP contribution is 2.16. The minimum Gasteiger partial charge on any atom is -0.489 e. The fourth-order valence-corrected chi connectivity index (χ4v) is 1.62. The van der Waals surface area contributed by atoms with Gasteiger partial charge in [0.05, 0.1) is 12.7 Å². The molecule has 2 rings (SSSR count). The van der Waals surface area contributed by atoms with Crippen molar-refractivity contribution in [2.75, 3.05) is 18.5 Å². The van der Waals surface area contributed by atoms with Crippen LogP contribution in [0.1, 0.15) is 5.56 Å². The van der Waals surface area contributed by atoms with Gasteiger partial charge in [0, 0.05) is 30.2 Å². The van der Waals surface area contributed by atoms with Gasteiger partial charge in [0.25, 0.3) is 0 Å². The number of rotatable bonds is 7. The lowest BCUT2D eigenvalue weighted by Gasteiger charge is -2.11. The number of aliphatic hydroxyl groups excluding tert-OH is 2. The maximum atomic E-state index is 9.24. The van der Waals surface area contributed by atoms with Gasteiger partial charge in [-0.1, -0.05) is 6.07 Å². The Balaban J connectivity index is 1.82. The molecule has 1 aromatic heterocycles. The SMILES string of the molecule is OCC(O)CNc1ccc(OCc2cccnc2)cc1. The minimum atomic E-state index is -0.753. The molecule has 0 radical (unpaired) electrons. The largest absolute Gasteiger partial charge is 0.489 e. The van der Waals surface area contributed by atoms with Crippen molar-refractivity contribution >= 4 is 5.69 Å². The van der Waals surface area contributed by atoms with E-state index in [1.807, 2.05) is 36.4 Å². The van der Waals surface area contributed by atoms with Crippen LogP contribution in [0.4, 0.5) is 5.69 Å². The molecule has 0 spiro atoms. The zero-order chi connectivity index (χ0) is 14.2. The predicted octanol–water partition coefficient (Wildman–Crippen LogP) is 1.43. The van der Waals surface area contributed by atoms with Crippen LogP contribution in [0.2, 0.25) is 0 Å². The summed E-state index contributed by atoms with van der Waals surface area (Å²) in [6.45, 7) is 0.537. The number of ether oxygens (including phenoxy) is 1. The van der Waals surface area contributed by atoms with E-state index in [2.05, 4.69) is 10.3 Å². The van der Waals surface area contributed by atoms with E-state index in [0.717, 1.165) is 17.0 Å². The molecule has 20 heavy (non-hydrogen) atoms. The van der Waals surface area contributed by atoms with Gasteiger partial charge in [-0.05, 0) is 30.3 Å². The molecular weight excluding hydrogens is 256 g/mol. The summed E-state index contributed by atoms with van der Waals surface area (Å²) in [5, 5.41) is 21.0. The number of benzene rings is 1. The second kappa shape index (κ2) is 7.47. The summed E-state index contributed by atoms with van der Waals surface area (Å²) in [5.74, 6) is 0.766. The Morgan fingerprint density at radius 3 is 2.65 bits per heavy atom. The van der Waals surface area contributed by atoms with E-state index in [4.69, 9.17) is 9.84 Å². The fourth-order valence-electron chi connectivity index (χ4n) is 1.62. The van der Waals surface area contributed by atoms with Gasteiger partial charge in [0.1, 0.15) is 12.4 Å². The van der Waals surface area contributed by atoms with E-state index in [-0.39, 0.29) is 6.61 Å². The second-order valence-electron chi connectivity index (χ2n) is 4.39. The highest BCUT2D eigenvalue weighted by atomic mass is 16.5. The molecule has 0 bridgehead atoms. The van der Waals surface area contributed by atoms with Crippen LogP contribution in [0.5, 0.6) is 5.75 Å². The van der Waals surface area contributed by atoms with E-state index < -0.39 is 6.10 Å². The van der Waals surface area contributed by atoms with Crippen LogP contribution in [-0.2, 0) is 6.61 Å². The number of hydrogen-bond acceptors (Lipinski definition) is 5. The molecule has 1 heterocycles. The zero-order valence-electron chi connectivity index (χ0n) is 11.1. The summed E-state index contributed by atoms with van der Waals surface area (Å²) in [6.07, 6.45) is 2.74. The average Bonchev–Trinajstić information content (AvgIpc) is 2.52. The van der Waals surface area contributed by atoms with E-state index >= 15 is 0 Å². The van der Waals surface area contributed by atoms with Crippen LogP contribution in [0.15, 0.2) is 48.8 Å². The van der Waals surface area contributed by atoms with Gasteiger partial charge in [0.2, 0.25) is 0 Å². The fraction of sp³-hybridized carbons (Fsp3) is 0.267. The molecule has 5 nitrogen and oxygen atoms in total. The molecule has 5 heteroatoms. The van der Waals surface area contributed by atoms with Crippen molar-refractivity contribution in [2.24, 2.45) is 0 Å². The van der Waals surface area contributed by atoms with E-state index in [1.54, 1.807) is 12.4 Å². The van der Waals surface area contributed by atoms with Gasteiger partial charge in [-0.15, -0.1) is 0 Å². The number of pyridine rings is 1. The lowest BCUT2D eigenvalue weighted by atomic mass is 10.2. The highest BCUT2D eigenvalue weighted by Gasteiger charge is 2.01. The normalized spacial score (nSPS) is 11.9. The molecule has 0 saturated carbocycles. The number of nitrogens with one attached hydrogen (secondary N) is 1. The third-order valence-corrected chi connectivity index (χ3v) is 2.74. The number of nitrogens with zero attached hydrogens (tertiary/aromatic N) is 1. The van der Waals surface area contributed by atoms with E-state index in [0.29, 0.717) is 13.2 Å². The van der Waals surface area contributed by atoms with Crippen molar-refractivity contribution in [1.29, 1.82) is 0 Å².